The Morgan fingerprint density at radius 2 is 0.980 bits per heavy atom. The maximum atomic E-state index is 5.47. The molecule has 2 aliphatic carbocycles. The minimum Gasteiger partial charge on any atom is -0.309 e. The van der Waals surface area contributed by atoms with Gasteiger partial charge in [0.2, 0.25) is 5.95 Å². The Balaban J connectivity index is 1.35. The standard InChI is InChI=1S/C46H30N4/c1-3-11-27(12-4-1)43-35-17-9-10-18-38(35)47-46(48-43)50-40-26-31-22-20-29(31)24-37(40)42-44(50)34-16-8-7-15-33(34)41-36-23-28-19-21-30(28)25-39(36)49(45(41)42)32-13-5-2-6-14-32/h1-18,23-26H,19-22H2. The Kier molecular flexibility index (Phi) is 5.16. The number of rotatable bonds is 3. The molecule has 2 aliphatic rings. The van der Waals surface area contributed by atoms with Crippen LogP contribution in [-0.4, -0.2) is 19.1 Å². The van der Waals surface area contributed by atoms with E-state index in [0.29, 0.717) is 5.95 Å². The lowest BCUT2D eigenvalue weighted by Gasteiger charge is -2.19. The van der Waals surface area contributed by atoms with E-state index < -0.39 is 0 Å². The summed E-state index contributed by atoms with van der Waals surface area (Å²) in [6.45, 7) is 0. The molecule has 10 aromatic rings. The van der Waals surface area contributed by atoms with Crippen LogP contribution in [-0.2, 0) is 25.7 Å². The molecule has 0 N–H and O–H groups in total. The summed E-state index contributed by atoms with van der Waals surface area (Å²) in [4.78, 5) is 10.8. The van der Waals surface area contributed by atoms with Crippen LogP contribution in [0.3, 0.4) is 0 Å². The summed E-state index contributed by atoms with van der Waals surface area (Å²) in [7, 11) is 0. The van der Waals surface area contributed by atoms with Gasteiger partial charge < -0.3 is 4.57 Å². The molecule has 0 aliphatic heterocycles. The number of hydrogen-bond donors (Lipinski definition) is 0. The molecule has 7 aromatic carbocycles. The second-order valence-electron chi connectivity index (χ2n) is 14.0. The van der Waals surface area contributed by atoms with E-state index in [1.54, 1.807) is 0 Å². The SMILES string of the molecule is c1ccc(-c2nc(-n3c4cc5c(cc4c4c3c3ccccc3c3c6cc7c(cc6n(-c6ccccc6)c34)CC7)CC5)nc3ccccc23)cc1. The number of aryl methyl sites for hydroxylation is 4. The van der Waals surface area contributed by atoms with Gasteiger partial charge in [0, 0.05) is 43.6 Å². The van der Waals surface area contributed by atoms with Crippen LogP contribution in [0.5, 0.6) is 0 Å². The van der Waals surface area contributed by atoms with Crippen molar-refractivity contribution >= 4 is 65.3 Å². The Bertz CT molecular complexity index is 3080. The summed E-state index contributed by atoms with van der Waals surface area (Å²) in [5, 5.41) is 8.73. The molecular formula is C46H30N4. The van der Waals surface area contributed by atoms with Gasteiger partial charge in [0.1, 0.15) is 0 Å². The van der Waals surface area contributed by atoms with E-state index in [1.165, 1.54) is 76.8 Å². The minimum atomic E-state index is 0.705. The first-order valence-electron chi connectivity index (χ1n) is 17.7. The molecule has 0 spiro atoms. The smallest absolute Gasteiger partial charge is 0.235 e. The number of hydrogen-bond acceptors (Lipinski definition) is 2. The van der Waals surface area contributed by atoms with Gasteiger partial charge in [0.25, 0.3) is 0 Å². The molecule has 0 unspecified atom stereocenters. The van der Waals surface area contributed by atoms with Crippen LogP contribution in [0, 0.1) is 0 Å². The average Bonchev–Trinajstić information content (AvgIpc) is 3.66. The summed E-state index contributed by atoms with van der Waals surface area (Å²) in [5.41, 5.74) is 14.9. The Morgan fingerprint density at radius 1 is 0.420 bits per heavy atom. The van der Waals surface area contributed by atoms with E-state index >= 15 is 0 Å². The summed E-state index contributed by atoms with van der Waals surface area (Å²) in [5.74, 6) is 0.705. The van der Waals surface area contributed by atoms with E-state index in [4.69, 9.17) is 9.97 Å². The van der Waals surface area contributed by atoms with Gasteiger partial charge in [0.05, 0.1) is 33.3 Å². The fourth-order valence-electron chi connectivity index (χ4n) is 8.90. The third kappa shape index (κ3) is 3.45. The first-order chi connectivity index (χ1) is 24.8. The van der Waals surface area contributed by atoms with Gasteiger partial charge in [-0.2, -0.15) is 0 Å². The van der Waals surface area contributed by atoms with Crippen molar-refractivity contribution in [1.82, 2.24) is 19.1 Å². The van der Waals surface area contributed by atoms with Crippen LogP contribution in [0.1, 0.15) is 22.3 Å². The van der Waals surface area contributed by atoms with Crippen LogP contribution in [0.15, 0.2) is 133 Å². The van der Waals surface area contributed by atoms with E-state index in [9.17, 15) is 0 Å². The van der Waals surface area contributed by atoms with Crippen LogP contribution >= 0.6 is 0 Å². The number of aromatic nitrogens is 4. The van der Waals surface area contributed by atoms with Crippen molar-refractivity contribution in [3.8, 4) is 22.9 Å². The second-order valence-corrected chi connectivity index (χ2v) is 14.0. The predicted molar refractivity (Wildman–Crippen MR) is 206 cm³/mol. The minimum absolute atomic E-state index is 0.705. The summed E-state index contributed by atoms with van der Waals surface area (Å²) >= 11 is 0. The van der Waals surface area contributed by atoms with Gasteiger partial charge in [-0.15, -0.1) is 0 Å². The molecule has 0 amide bonds. The topological polar surface area (TPSA) is 35.6 Å². The van der Waals surface area contributed by atoms with Gasteiger partial charge in [-0.25, -0.2) is 9.97 Å². The van der Waals surface area contributed by atoms with Crippen LogP contribution in [0.4, 0.5) is 0 Å². The first-order valence-corrected chi connectivity index (χ1v) is 17.7. The number of benzene rings is 7. The van der Waals surface area contributed by atoms with Gasteiger partial charge in [-0.3, -0.25) is 4.57 Å². The second kappa shape index (κ2) is 9.67. The number of para-hydroxylation sites is 2. The zero-order valence-electron chi connectivity index (χ0n) is 27.3. The van der Waals surface area contributed by atoms with Crippen molar-refractivity contribution in [2.75, 3.05) is 0 Å². The summed E-state index contributed by atoms with van der Waals surface area (Å²) in [6, 6.07) is 48.8. The average molecular weight is 639 g/mol. The highest BCUT2D eigenvalue weighted by atomic mass is 15.2. The van der Waals surface area contributed by atoms with Crippen LogP contribution in [0.25, 0.3) is 88.2 Å². The highest BCUT2D eigenvalue weighted by Gasteiger charge is 2.29. The molecule has 0 atom stereocenters. The van der Waals surface area contributed by atoms with Gasteiger partial charge in [-0.1, -0.05) is 91.0 Å². The maximum absolute atomic E-state index is 5.47. The lowest BCUT2D eigenvalue weighted by molar-refractivity contribution is 0.842. The normalized spacial score (nSPS) is 13.7. The molecular weight excluding hydrogens is 609 g/mol. The molecule has 4 heteroatoms. The lowest BCUT2D eigenvalue weighted by atomic mass is 9.86. The van der Waals surface area contributed by atoms with Crippen molar-refractivity contribution in [2.45, 2.75) is 25.7 Å². The lowest BCUT2D eigenvalue weighted by Crippen LogP contribution is -2.09. The van der Waals surface area contributed by atoms with E-state index in [2.05, 4.69) is 143 Å². The summed E-state index contributed by atoms with van der Waals surface area (Å²) < 4.78 is 4.92. The molecule has 50 heavy (non-hydrogen) atoms. The zero-order chi connectivity index (χ0) is 32.5. The molecule has 3 aromatic heterocycles. The molecule has 4 nitrogen and oxygen atoms in total. The number of nitrogens with zero attached hydrogens (tertiary/aromatic N) is 4. The summed E-state index contributed by atoms with van der Waals surface area (Å²) in [6.07, 6.45) is 4.52. The van der Waals surface area contributed by atoms with Gasteiger partial charge >= 0.3 is 0 Å². The molecule has 234 valence electrons. The fraction of sp³-hybridized carbons (Fsp3) is 0.0870. The van der Waals surface area contributed by atoms with Crippen molar-refractivity contribution in [2.24, 2.45) is 0 Å². The van der Waals surface area contributed by atoms with Crippen molar-refractivity contribution < 1.29 is 0 Å². The number of fused-ring (bicyclic) bond motifs is 13. The maximum Gasteiger partial charge on any atom is 0.235 e. The molecule has 0 saturated carbocycles. The highest BCUT2D eigenvalue weighted by molar-refractivity contribution is 6.36. The third-order valence-corrected chi connectivity index (χ3v) is 11.4. The third-order valence-electron chi connectivity index (χ3n) is 11.4. The Labute approximate surface area is 287 Å². The van der Waals surface area contributed by atoms with Crippen LogP contribution < -0.4 is 0 Å². The van der Waals surface area contributed by atoms with Crippen LogP contribution in [0.2, 0.25) is 0 Å². The van der Waals surface area contributed by atoms with E-state index in [0.717, 1.165) is 53.4 Å². The fourth-order valence-corrected chi connectivity index (χ4v) is 8.90. The molecule has 0 bridgehead atoms. The largest absolute Gasteiger partial charge is 0.309 e. The monoisotopic (exact) mass is 638 g/mol. The van der Waals surface area contributed by atoms with Crippen molar-refractivity contribution in [3.63, 3.8) is 0 Å². The molecule has 0 radical (unpaired) electrons. The Morgan fingerprint density at radius 3 is 1.68 bits per heavy atom. The van der Waals surface area contributed by atoms with Gasteiger partial charge in [-0.05, 0) is 95.8 Å². The quantitative estimate of drug-likeness (QED) is 0.193. The van der Waals surface area contributed by atoms with Crippen molar-refractivity contribution in [1.29, 1.82) is 0 Å². The molecule has 12 rings (SSSR count). The first kappa shape index (κ1) is 26.7. The van der Waals surface area contributed by atoms with E-state index in [1.807, 2.05) is 0 Å². The molecule has 0 fully saturated rings. The van der Waals surface area contributed by atoms with E-state index in [-0.39, 0.29) is 0 Å². The van der Waals surface area contributed by atoms with Gasteiger partial charge in [0.15, 0.2) is 0 Å². The predicted octanol–water partition coefficient (Wildman–Crippen LogP) is 10.8. The molecule has 3 heterocycles. The Hall–Kier alpha value is -6.26. The van der Waals surface area contributed by atoms with Crippen molar-refractivity contribution in [3.05, 3.63) is 156 Å². The molecule has 0 saturated heterocycles. The highest BCUT2D eigenvalue weighted by Crippen LogP contribution is 2.48. The zero-order valence-corrected chi connectivity index (χ0v) is 27.3.